The molecule has 3 rings (SSSR count). The SMILES string of the molecule is Cc1nc(Cc2ccccc2)nc(N2CCOCC2)n1. The van der Waals surface area contributed by atoms with E-state index in [9.17, 15) is 0 Å². The zero-order valence-electron chi connectivity index (χ0n) is 11.6. The number of benzene rings is 1. The standard InChI is InChI=1S/C15H18N4O/c1-12-16-14(11-13-5-3-2-4-6-13)18-15(17-12)19-7-9-20-10-8-19/h2-6H,7-11H2,1H3. The van der Waals surface area contributed by atoms with Crippen molar-refractivity contribution < 1.29 is 4.74 Å². The predicted octanol–water partition coefficient (Wildman–Crippen LogP) is 1.61. The number of hydrogen-bond acceptors (Lipinski definition) is 5. The molecule has 104 valence electrons. The summed E-state index contributed by atoms with van der Waals surface area (Å²) in [6.07, 6.45) is 0.738. The summed E-state index contributed by atoms with van der Waals surface area (Å²) in [6.45, 7) is 5.07. The quantitative estimate of drug-likeness (QED) is 0.848. The highest BCUT2D eigenvalue weighted by atomic mass is 16.5. The maximum atomic E-state index is 5.36. The van der Waals surface area contributed by atoms with Crippen molar-refractivity contribution in [1.82, 2.24) is 15.0 Å². The Labute approximate surface area is 118 Å². The lowest BCUT2D eigenvalue weighted by molar-refractivity contribution is 0.122. The summed E-state index contributed by atoms with van der Waals surface area (Å²) in [5.74, 6) is 2.37. The van der Waals surface area contributed by atoms with Gasteiger partial charge in [0.2, 0.25) is 5.95 Å². The Balaban J connectivity index is 1.82. The van der Waals surface area contributed by atoms with Crippen molar-refractivity contribution in [2.45, 2.75) is 13.3 Å². The van der Waals surface area contributed by atoms with Crippen LogP contribution in [0.2, 0.25) is 0 Å². The average Bonchev–Trinajstić information content (AvgIpc) is 2.49. The van der Waals surface area contributed by atoms with E-state index in [0.717, 1.165) is 50.3 Å². The van der Waals surface area contributed by atoms with Gasteiger partial charge in [0.1, 0.15) is 11.6 Å². The molecule has 20 heavy (non-hydrogen) atoms. The summed E-state index contributed by atoms with van der Waals surface area (Å²) < 4.78 is 5.36. The van der Waals surface area contributed by atoms with E-state index < -0.39 is 0 Å². The van der Waals surface area contributed by atoms with Gasteiger partial charge in [0.15, 0.2) is 0 Å². The fourth-order valence-electron chi connectivity index (χ4n) is 2.28. The van der Waals surface area contributed by atoms with Gasteiger partial charge < -0.3 is 9.64 Å². The van der Waals surface area contributed by atoms with Crippen LogP contribution in [-0.4, -0.2) is 41.3 Å². The molecular weight excluding hydrogens is 252 g/mol. The minimum absolute atomic E-state index is 0.735. The molecule has 0 radical (unpaired) electrons. The molecule has 0 saturated carbocycles. The molecule has 0 spiro atoms. The molecule has 5 heteroatoms. The van der Waals surface area contributed by atoms with Gasteiger partial charge in [-0.1, -0.05) is 30.3 Å². The van der Waals surface area contributed by atoms with Crippen LogP contribution in [0.1, 0.15) is 17.2 Å². The van der Waals surface area contributed by atoms with Crippen LogP contribution < -0.4 is 4.90 Å². The summed E-state index contributed by atoms with van der Waals surface area (Å²) in [7, 11) is 0. The van der Waals surface area contributed by atoms with E-state index in [1.807, 2.05) is 25.1 Å². The molecule has 0 aliphatic carbocycles. The van der Waals surface area contributed by atoms with E-state index in [4.69, 9.17) is 4.74 Å². The van der Waals surface area contributed by atoms with Crippen molar-refractivity contribution in [3.63, 3.8) is 0 Å². The first-order valence-corrected chi connectivity index (χ1v) is 6.89. The number of hydrogen-bond donors (Lipinski definition) is 0. The third-order valence-electron chi connectivity index (χ3n) is 3.28. The zero-order chi connectivity index (χ0) is 13.8. The molecule has 0 N–H and O–H groups in total. The van der Waals surface area contributed by atoms with E-state index in [0.29, 0.717) is 0 Å². The van der Waals surface area contributed by atoms with Crippen LogP contribution in [0, 0.1) is 6.92 Å². The normalized spacial score (nSPS) is 15.3. The molecule has 0 amide bonds. The highest BCUT2D eigenvalue weighted by Gasteiger charge is 2.15. The minimum atomic E-state index is 0.735. The Kier molecular flexibility index (Phi) is 3.87. The number of nitrogens with zero attached hydrogens (tertiary/aromatic N) is 4. The summed E-state index contributed by atoms with van der Waals surface area (Å²) in [4.78, 5) is 15.7. The van der Waals surface area contributed by atoms with Crippen molar-refractivity contribution in [2.75, 3.05) is 31.2 Å². The van der Waals surface area contributed by atoms with Gasteiger partial charge >= 0.3 is 0 Å². The molecule has 0 unspecified atom stereocenters. The Morgan fingerprint density at radius 1 is 1.05 bits per heavy atom. The number of aryl methyl sites for hydroxylation is 1. The van der Waals surface area contributed by atoms with E-state index in [1.54, 1.807) is 0 Å². The van der Waals surface area contributed by atoms with Gasteiger partial charge in [0.25, 0.3) is 0 Å². The van der Waals surface area contributed by atoms with Crippen molar-refractivity contribution in [1.29, 1.82) is 0 Å². The number of ether oxygens (including phenoxy) is 1. The smallest absolute Gasteiger partial charge is 0.229 e. The monoisotopic (exact) mass is 270 g/mol. The maximum absolute atomic E-state index is 5.36. The second-order valence-electron chi connectivity index (χ2n) is 4.86. The van der Waals surface area contributed by atoms with E-state index in [2.05, 4.69) is 32.0 Å². The third-order valence-corrected chi connectivity index (χ3v) is 3.28. The van der Waals surface area contributed by atoms with Gasteiger partial charge in [-0.15, -0.1) is 0 Å². The lowest BCUT2D eigenvalue weighted by atomic mass is 10.1. The molecule has 2 heterocycles. The largest absolute Gasteiger partial charge is 0.378 e. The van der Waals surface area contributed by atoms with Crippen LogP contribution in [0.15, 0.2) is 30.3 Å². The molecule has 0 atom stereocenters. The van der Waals surface area contributed by atoms with Crippen LogP contribution >= 0.6 is 0 Å². The predicted molar refractivity (Wildman–Crippen MR) is 76.8 cm³/mol. The molecule has 0 bridgehead atoms. The van der Waals surface area contributed by atoms with Gasteiger partial charge in [-0.3, -0.25) is 0 Å². The van der Waals surface area contributed by atoms with Crippen molar-refractivity contribution >= 4 is 5.95 Å². The molecular formula is C15H18N4O. The lowest BCUT2D eigenvalue weighted by Crippen LogP contribution is -2.37. The summed E-state index contributed by atoms with van der Waals surface area (Å²) in [6, 6.07) is 10.3. The Bertz CT molecular complexity index is 567. The molecule has 1 saturated heterocycles. The number of rotatable bonds is 3. The second-order valence-corrected chi connectivity index (χ2v) is 4.86. The summed E-state index contributed by atoms with van der Waals surface area (Å²) in [5.41, 5.74) is 1.21. The number of anilines is 1. The number of morpholine rings is 1. The second kappa shape index (κ2) is 5.96. The number of aromatic nitrogens is 3. The van der Waals surface area contributed by atoms with Crippen molar-refractivity contribution in [3.8, 4) is 0 Å². The lowest BCUT2D eigenvalue weighted by Gasteiger charge is -2.27. The van der Waals surface area contributed by atoms with E-state index in [-0.39, 0.29) is 0 Å². The van der Waals surface area contributed by atoms with Crippen molar-refractivity contribution in [2.24, 2.45) is 0 Å². The molecule has 1 aliphatic rings. The Hall–Kier alpha value is -2.01. The zero-order valence-corrected chi connectivity index (χ0v) is 11.6. The third kappa shape index (κ3) is 3.11. The molecule has 5 nitrogen and oxygen atoms in total. The highest BCUT2D eigenvalue weighted by Crippen LogP contribution is 2.12. The minimum Gasteiger partial charge on any atom is -0.378 e. The van der Waals surface area contributed by atoms with Gasteiger partial charge in [-0.2, -0.15) is 9.97 Å². The van der Waals surface area contributed by atoms with Crippen molar-refractivity contribution in [3.05, 3.63) is 47.5 Å². The fraction of sp³-hybridized carbons (Fsp3) is 0.400. The summed E-state index contributed by atoms with van der Waals surface area (Å²) >= 11 is 0. The Morgan fingerprint density at radius 3 is 2.55 bits per heavy atom. The molecule has 1 aromatic carbocycles. The average molecular weight is 270 g/mol. The van der Waals surface area contributed by atoms with E-state index >= 15 is 0 Å². The van der Waals surface area contributed by atoms with Crippen LogP contribution in [-0.2, 0) is 11.2 Å². The maximum Gasteiger partial charge on any atom is 0.229 e. The van der Waals surface area contributed by atoms with Gasteiger partial charge in [-0.05, 0) is 12.5 Å². The molecule has 2 aromatic rings. The van der Waals surface area contributed by atoms with Crippen LogP contribution in [0.3, 0.4) is 0 Å². The molecule has 1 aromatic heterocycles. The highest BCUT2D eigenvalue weighted by molar-refractivity contribution is 5.31. The van der Waals surface area contributed by atoms with Crippen LogP contribution in [0.5, 0.6) is 0 Å². The van der Waals surface area contributed by atoms with E-state index in [1.165, 1.54) is 5.56 Å². The van der Waals surface area contributed by atoms with Gasteiger partial charge in [0.05, 0.1) is 13.2 Å². The Morgan fingerprint density at radius 2 is 1.80 bits per heavy atom. The molecule has 1 fully saturated rings. The van der Waals surface area contributed by atoms with Gasteiger partial charge in [-0.25, -0.2) is 4.98 Å². The summed E-state index contributed by atoms with van der Waals surface area (Å²) in [5, 5.41) is 0. The van der Waals surface area contributed by atoms with Crippen LogP contribution in [0.25, 0.3) is 0 Å². The first-order valence-electron chi connectivity index (χ1n) is 6.89. The van der Waals surface area contributed by atoms with Gasteiger partial charge in [0, 0.05) is 19.5 Å². The first kappa shape index (κ1) is 13.0. The fourth-order valence-corrected chi connectivity index (χ4v) is 2.28. The van der Waals surface area contributed by atoms with Crippen LogP contribution in [0.4, 0.5) is 5.95 Å². The topological polar surface area (TPSA) is 51.1 Å². The molecule has 1 aliphatic heterocycles. The first-order chi connectivity index (χ1) is 9.81.